The number of nitrogen functional groups attached to an aromatic ring is 1. The highest BCUT2D eigenvalue weighted by atomic mass is 15.2. The second-order valence-electron chi connectivity index (χ2n) is 5.09. The maximum absolute atomic E-state index is 5.78. The van der Waals surface area contributed by atoms with Crippen molar-refractivity contribution in [1.29, 1.82) is 0 Å². The number of nitrogens with two attached hydrogens (primary N) is 1. The Balaban J connectivity index is 2.79. The van der Waals surface area contributed by atoms with E-state index in [0.717, 1.165) is 18.8 Å². The van der Waals surface area contributed by atoms with Crippen LogP contribution < -0.4 is 5.73 Å². The van der Waals surface area contributed by atoms with Crippen LogP contribution in [0.4, 0.5) is 5.69 Å². The van der Waals surface area contributed by atoms with Gasteiger partial charge in [-0.25, -0.2) is 0 Å². The lowest BCUT2D eigenvalue weighted by molar-refractivity contribution is 0.145. The van der Waals surface area contributed by atoms with Crippen LogP contribution in [0.2, 0.25) is 0 Å². The van der Waals surface area contributed by atoms with Gasteiger partial charge in [0.1, 0.15) is 0 Å². The Bertz CT molecular complexity index is 350. The summed E-state index contributed by atoms with van der Waals surface area (Å²) in [7, 11) is 0. The van der Waals surface area contributed by atoms with Crippen molar-refractivity contribution >= 4 is 5.69 Å². The van der Waals surface area contributed by atoms with Crippen molar-refractivity contribution in [2.75, 3.05) is 12.3 Å². The van der Waals surface area contributed by atoms with Crippen LogP contribution in [0.25, 0.3) is 0 Å². The Morgan fingerprint density at radius 2 is 2.06 bits per heavy atom. The molecule has 0 aromatic heterocycles. The maximum Gasteiger partial charge on any atom is 0.0317 e. The van der Waals surface area contributed by atoms with E-state index in [0.29, 0.717) is 0 Å². The molecule has 0 aliphatic rings. The first kappa shape index (κ1) is 12.8. The SMILES string of the molecule is C=CCN(Cc1cccc(N)c1)C(C)(C)C. The molecular weight excluding hydrogens is 196 g/mol. The largest absolute Gasteiger partial charge is 0.399 e. The molecule has 0 amide bonds. The summed E-state index contributed by atoms with van der Waals surface area (Å²) < 4.78 is 0. The standard InChI is InChI=1S/C14H22N2/c1-5-9-16(14(2,3)4)11-12-7-6-8-13(15)10-12/h5-8,10H,1,9,11,15H2,2-4H3. The molecular formula is C14H22N2. The first-order valence-corrected chi connectivity index (χ1v) is 5.64. The minimum atomic E-state index is 0.138. The van der Waals surface area contributed by atoms with Crippen molar-refractivity contribution < 1.29 is 0 Å². The average molecular weight is 218 g/mol. The Kier molecular flexibility index (Phi) is 4.13. The second kappa shape index (κ2) is 5.17. The van der Waals surface area contributed by atoms with Gasteiger partial charge in [0.05, 0.1) is 0 Å². The van der Waals surface area contributed by atoms with Crippen LogP contribution in [-0.4, -0.2) is 17.0 Å². The molecule has 1 aromatic rings. The lowest BCUT2D eigenvalue weighted by Gasteiger charge is -2.34. The third-order valence-corrected chi connectivity index (χ3v) is 2.62. The fourth-order valence-electron chi connectivity index (χ4n) is 1.64. The normalized spacial score (nSPS) is 11.8. The highest BCUT2D eigenvalue weighted by Crippen LogP contribution is 2.18. The Hall–Kier alpha value is -1.28. The zero-order valence-electron chi connectivity index (χ0n) is 10.5. The van der Waals surface area contributed by atoms with Gasteiger partial charge < -0.3 is 5.73 Å². The lowest BCUT2D eigenvalue weighted by atomic mass is 10.0. The topological polar surface area (TPSA) is 29.3 Å². The van der Waals surface area contributed by atoms with Gasteiger partial charge in [0.15, 0.2) is 0 Å². The van der Waals surface area contributed by atoms with Gasteiger partial charge in [-0.3, -0.25) is 4.90 Å². The molecule has 0 unspecified atom stereocenters. The van der Waals surface area contributed by atoms with Crippen molar-refractivity contribution in [2.45, 2.75) is 32.9 Å². The van der Waals surface area contributed by atoms with Crippen molar-refractivity contribution in [2.24, 2.45) is 0 Å². The fourth-order valence-corrected chi connectivity index (χ4v) is 1.64. The van der Waals surface area contributed by atoms with Gasteiger partial charge in [0, 0.05) is 24.3 Å². The van der Waals surface area contributed by atoms with Crippen LogP contribution in [0.1, 0.15) is 26.3 Å². The minimum Gasteiger partial charge on any atom is -0.399 e. The molecule has 16 heavy (non-hydrogen) atoms. The van der Waals surface area contributed by atoms with Crippen LogP contribution in [0.15, 0.2) is 36.9 Å². The zero-order valence-corrected chi connectivity index (χ0v) is 10.5. The van der Waals surface area contributed by atoms with Crippen molar-refractivity contribution in [3.8, 4) is 0 Å². The van der Waals surface area contributed by atoms with E-state index in [4.69, 9.17) is 5.73 Å². The summed E-state index contributed by atoms with van der Waals surface area (Å²) in [5, 5.41) is 0. The third-order valence-electron chi connectivity index (χ3n) is 2.62. The van der Waals surface area contributed by atoms with Gasteiger partial charge in [0.25, 0.3) is 0 Å². The molecule has 1 aromatic carbocycles. The van der Waals surface area contributed by atoms with Gasteiger partial charge in [-0.05, 0) is 38.5 Å². The summed E-state index contributed by atoms with van der Waals surface area (Å²) in [5.41, 5.74) is 7.99. The first-order valence-electron chi connectivity index (χ1n) is 5.64. The van der Waals surface area contributed by atoms with Gasteiger partial charge in [-0.1, -0.05) is 18.2 Å². The molecule has 88 valence electrons. The van der Waals surface area contributed by atoms with Crippen LogP contribution in [-0.2, 0) is 6.54 Å². The summed E-state index contributed by atoms with van der Waals surface area (Å²) in [5.74, 6) is 0. The Labute approximate surface area is 98.8 Å². The van der Waals surface area contributed by atoms with E-state index in [-0.39, 0.29) is 5.54 Å². The first-order chi connectivity index (χ1) is 7.43. The Morgan fingerprint density at radius 1 is 1.38 bits per heavy atom. The predicted molar refractivity (Wildman–Crippen MR) is 71.2 cm³/mol. The van der Waals surface area contributed by atoms with Crippen molar-refractivity contribution in [3.05, 3.63) is 42.5 Å². The molecule has 0 aliphatic carbocycles. The zero-order chi connectivity index (χ0) is 12.2. The molecule has 1 rings (SSSR count). The van der Waals surface area contributed by atoms with E-state index < -0.39 is 0 Å². The summed E-state index contributed by atoms with van der Waals surface area (Å²) >= 11 is 0. The molecule has 2 N–H and O–H groups in total. The van der Waals surface area contributed by atoms with Crippen LogP contribution in [0.5, 0.6) is 0 Å². The molecule has 0 atom stereocenters. The van der Waals surface area contributed by atoms with Crippen LogP contribution >= 0.6 is 0 Å². The van der Waals surface area contributed by atoms with Gasteiger partial charge >= 0.3 is 0 Å². The van der Waals surface area contributed by atoms with Crippen LogP contribution in [0.3, 0.4) is 0 Å². The molecule has 0 aliphatic heterocycles. The van der Waals surface area contributed by atoms with Gasteiger partial charge in [-0.2, -0.15) is 0 Å². The minimum absolute atomic E-state index is 0.138. The highest BCUT2D eigenvalue weighted by Gasteiger charge is 2.19. The number of nitrogens with zero attached hydrogens (tertiary/aromatic N) is 1. The van der Waals surface area contributed by atoms with Gasteiger partial charge in [-0.15, -0.1) is 6.58 Å². The molecule has 0 spiro atoms. The lowest BCUT2D eigenvalue weighted by Crippen LogP contribution is -2.40. The molecule has 0 bridgehead atoms. The monoisotopic (exact) mass is 218 g/mol. The Morgan fingerprint density at radius 3 is 2.56 bits per heavy atom. The van der Waals surface area contributed by atoms with E-state index in [1.54, 1.807) is 0 Å². The molecule has 0 saturated heterocycles. The number of anilines is 1. The third kappa shape index (κ3) is 3.70. The summed E-state index contributed by atoms with van der Waals surface area (Å²) in [6.07, 6.45) is 1.94. The van der Waals surface area contributed by atoms with E-state index in [2.05, 4.69) is 38.3 Å². The fraction of sp³-hybridized carbons (Fsp3) is 0.429. The predicted octanol–water partition coefficient (Wildman–Crippen LogP) is 3.06. The van der Waals surface area contributed by atoms with E-state index in [9.17, 15) is 0 Å². The van der Waals surface area contributed by atoms with E-state index >= 15 is 0 Å². The molecule has 0 heterocycles. The second-order valence-corrected chi connectivity index (χ2v) is 5.09. The number of hydrogen-bond acceptors (Lipinski definition) is 2. The molecule has 0 radical (unpaired) electrons. The van der Waals surface area contributed by atoms with Crippen molar-refractivity contribution in [3.63, 3.8) is 0 Å². The molecule has 0 fully saturated rings. The molecule has 2 heteroatoms. The molecule has 0 saturated carbocycles. The van der Waals surface area contributed by atoms with Crippen LogP contribution in [0, 0.1) is 0 Å². The van der Waals surface area contributed by atoms with Crippen molar-refractivity contribution in [1.82, 2.24) is 4.90 Å². The summed E-state index contributed by atoms with van der Waals surface area (Å²) in [4.78, 5) is 2.37. The molecule has 2 nitrogen and oxygen atoms in total. The summed E-state index contributed by atoms with van der Waals surface area (Å²) in [6, 6.07) is 8.05. The highest BCUT2D eigenvalue weighted by molar-refractivity contribution is 5.40. The number of rotatable bonds is 4. The number of benzene rings is 1. The smallest absolute Gasteiger partial charge is 0.0317 e. The average Bonchev–Trinajstić information content (AvgIpc) is 2.16. The van der Waals surface area contributed by atoms with E-state index in [1.807, 2.05) is 24.3 Å². The van der Waals surface area contributed by atoms with Gasteiger partial charge in [0.2, 0.25) is 0 Å². The quantitative estimate of drug-likeness (QED) is 0.621. The van der Waals surface area contributed by atoms with E-state index in [1.165, 1.54) is 5.56 Å². The number of hydrogen-bond donors (Lipinski definition) is 1. The summed E-state index contributed by atoms with van der Waals surface area (Å²) in [6.45, 7) is 12.2. The maximum atomic E-state index is 5.78.